The molecule has 642 valence electrons. The summed E-state index contributed by atoms with van der Waals surface area (Å²) < 4.78 is 101. The van der Waals surface area contributed by atoms with Crippen molar-refractivity contribution in [3.63, 3.8) is 0 Å². The van der Waals surface area contributed by atoms with E-state index >= 15 is 0 Å². The van der Waals surface area contributed by atoms with Gasteiger partial charge in [-0.1, -0.05) is 190 Å². The van der Waals surface area contributed by atoms with Crippen LogP contribution < -0.4 is 0 Å². The zero-order valence-corrected chi connectivity index (χ0v) is 88.6. The molecule has 0 aliphatic carbocycles. The maximum absolute atomic E-state index is 12.7. The highest BCUT2D eigenvalue weighted by Crippen LogP contribution is 2.71. The van der Waals surface area contributed by atoms with Crippen molar-refractivity contribution >= 4 is 208 Å². The number of rotatable bonds is 66. The monoisotopic (exact) mass is 1910 g/mol. The highest BCUT2D eigenvalue weighted by atomic mass is 32.9. The van der Waals surface area contributed by atoms with Crippen molar-refractivity contribution in [2.24, 2.45) is 47.3 Å². The third-order valence-corrected chi connectivity index (χ3v) is 53.0. The molecular weight excluding hydrogens is 1760 g/mol. The molecule has 0 bridgehead atoms. The van der Waals surface area contributed by atoms with Crippen molar-refractivity contribution in [1.29, 1.82) is 0 Å². The van der Waals surface area contributed by atoms with Gasteiger partial charge in [0.15, 0.2) is 0 Å². The van der Waals surface area contributed by atoms with Gasteiger partial charge in [0, 0.05) is 40.3 Å². The van der Waals surface area contributed by atoms with Crippen LogP contribution in [0.25, 0.3) is 0 Å². The smallest absolute Gasteiger partial charge is 0.306 e. The maximum atomic E-state index is 12.7. The van der Waals surface area contributed by atoms with Crippen molar-refractivity contribution in [3.05, 3.63) is 0 Å². The number of methoxy groups -OCH3 is 1. The molecule has 0 saturated carbocycles. The van der Waals surface area contributed by atoms with Gasteiger partial charge in [0.2, 0.25) is 39.9 Å². The van der Waals surface area contributed by atoms with E-state index in [9.17, 15) is 4.79 Å². The minimum Gasteiger partial charge on any atom is -0.469 e. The van der Waals surface area contributed by atoms with Crippen LogP contribution in [0.3, 0.4) is 0 Å². The van der Waals surface area contributed by atoms with Crippen LogP contribution in [0.5, 0.6) is 0 Å². The van der Waals surface area contributed by atoms with Crippen LogP contribution in [0.2, 0.25) is 0 Å². The number of ether oxygens (including phenoxy) is 1. The summed E-state index contributed by atoms with van der Waals surface area (Å²) in [6, 6.07) is 0. The minimum absolute atomic E-state index is 0.0873. The van der Waals surface area contributed by atoms with E-state index < -0.39 is 76.5 Å². The SMILES string of the molecule is COC(=O)CCSP(=S)(OC(C)CSP(=S)(OC(C)CSP(=S)(OC(C)CC(C)C)OC(C)CC(C)C)OC(C)CSP(=S)(OC(C)CC(C)C)OC(C)CC(C)C)OC(C)CSP(=S)(OC(C)CSP(=S)(OC(C)CC(C)C)OC(C)CC(C)C)OC(C)CSP(=S)(OC(C)CC(C)C)OC(C)CC(C)C. The summed E-state index contributed by atoms with van der Waals surface area (Å²) in [5, 5.41) is 0. The summed E-state index contributed by atoms with van der Waals surface area (Å²) in [6.07, 6.45) is 3.13. The molecule has 0 N–H and O–H groups in total. The Bertz CT molecular complexity index is 2400. The van der Waals surface area contributed by atoms with Crippen LogP contribution in [-0.2, 0) is 156 Å². The van der Waals surface area contributed by atoms with Gasteiger partial charge in [-0.05, 0) is 278 Å². The first-order valence-electron chi connectivity index (χ1n) is 38.4. The second-order valence-corrected chi connectivity index (χ2v) is 75.8. The van der Waals surface area contributed by atoms with Gasteiger partial charge in [-0.2, -0.15) is 0 Å². The van der Waals surface area contributed by atoms with E-state index in [-0.39, 0.29) is 67.0 Å². The molecule has 0 radical (unpaired) electrons. The fourth-order valence-electron chi connectivity index (χ4n) is 11.0. The third-order valence-electron chi connectivity index (χ3n) is 14.3. The molecule has 0 heterocycles. The van der Waals surface area contributed by atoms with Gasteiger partial charge in [-0.15, -0.1) is 0 Å². The summed E-state index contributed by atoms with van der Waals surface area (Å²) in [4.78, 5) is 12.7. The second kappa shape index (κ2) is 57.4. The Labute approximate surface area is 719 Å². The zero-order chi connectivity index (χ0) is 82.6. The molecule has 0 fully saturated rings. The maximum Gasteiger partial charge on any atom is 0.306 e. The number of carbonyl (C=O) groups is 1. The molecule has 0 aliphatic heterocycles. The molecule has 0 amide bonds. The van der Waals surface area contributed by atoms with Gasteiger partial charge in [0.05, 0.1) is 99.0 Å². The van der Waals surface area contributed by atoms with Crippen LogP contribution in [0, 0.1) is 47.3 Å². The Balaban J connectivity index is 7.70. The van der Waals surface area contributed by atoms with E-state index in [0.717, 1.165) is 51.4 Å². The van der Waals surface area contributed by atoms with E-state index in [1.807, 2.05) is 41.5 Å². The fourth-order valence-corrected chi connectivity index (χ4v) is 50.3. The van der Waals surface area contributed by atoms with Gasteiger partial charge in [0.1, 0.15) is 0 Å². The zero-order valence-electron chi connectivity index (χ0n) is 70.9. The Morgan fingerprint density at radius 3 is 0.467 bits per heavy atom. The van der Waals surface area contributed by atoms with Crippen molar-refractivity contribution < 1.29 is 72.9 Å². The van der Waals surface area contributed by atoms with Crippen LogP contribution >= 0.6 is 120 Å². The van der Waals surface area contributed by atoms with Crippen LogP contribution in [0.4, 0.5) is 0 Å². The Hall–Kier alpha value is 5.91. The predicted octanol–water partition coefficient (Wildman–Crippen LogP) is 28.3. The molecule has 0 aromatic rings. The number of hydrogen-bond acceptors (Lipinski definition) is 30. The van der Waals surface area contributed by atoms with Crippen LogP contribution in [0.15, 0.2) is 0 Å². The van der Waals surface area contributed by atoms with Gasteiger partial charge in [0.25, 0.3) is 0 Å². The molecule has 16 nitrogen and oxygen atoms in total. The van der Waals surface area contributed by atoms with Crippen molar-refractivity contribution in [2.75, 3.05) is 47.4 Å². The van der Waals surface area contributed by atoms with Gasteiger partial charge in [-0.3, -0.25) is 4.79 Å². The highest BCUT2D eigenvalue weighted by molar-refractivity contribution is 8.70. The normalized spacial score (nSPS) is 20.8. The average Bonchev–Trinajstić information content (AvgIpc) is 0.854. The molecule has 0 spiro atoms. The topological polar surface area (TPSA) is 156 Å². The van der Waals surface area contributed by atoms with E-state index in [1.54, 1.807) is 0 Å². The summed E-state index contributed by atoms with van der Waals surface area (Å²) in [5.41, 5.74) is -21.3. The molecule has 0 aromatic heterocycles. The first kappa shape index (κ1) is 113. The van der Waals surface area contributed by atoms with Crippen molar-refractivity contribution in [2.45, 2.75) is 351 Å². The number of carbonyl (C=O) groups excluding carboxylic acids is 1. The standard InChI is InChI=1S/C70H147O16P7S14/c1-48(2)34-56(17)73-88(95,74-57(18)35-49(3)4)102-44-66(27)83-92(99,84-67(28)45-103-89(96,75-58(19)36-50(5)6)76-59(20)37-51(7)8)106-42-64(25)81-87(94,101-33-32-70(71)72-31)82-65(26)43-107-93(100,85-68(29)46-104-90(97,77-60(21)38-52(9)10)78-61(22)39-53(11)12)86-69(30)47-105-91(98,79-62(23)40-54(13)14)80-63(24)41-55(15)16/h48-69H,32-47H2,1-31H3. The van der Waals surface area contributed by atoms with Crippen molar-refractivity contribution in [3.8, 4) is 0 Å². The lowest BCUT2D eigenvalue weighted by Gasteiger charge is -2.33. The summed E-state index contributed by atoms with van der Waals surface area (Å²) in [7, 11) is 1.37. The summed E-state index contributed by atoms with van der Waals surface area (Å²) in [5.74, 6) is 5.60. The molecule has 107 heavy (non-hydrogen) atoms. The van der Waals surface area contributed by atoms with Gasteiger partial charge >= 0.3 is 5.97 Å². The largest absolute Gasteiger partial charge is 0.469 e. The number of esters is 1. The Morgan fingerprint density at radius 1 is 0.224 bits per heavy atom. The molecule has 14 atom stereocenters. The second-order valence-electron chi connectivity index (χ2n) is 31.9. The molecule has 0 aromatic carbocycles. The minimum atomic E-state index is -3.30. The van der Waals surface area contributed by atoms with Crippen LogP contribution in [-0.4, -0.2) is 139 Å². The predicted molar refractivity (Wildman–Crippen MR) is 507 cm³/mol. The third kappa shape index (κ3) is 57.8. The summed E-state index contributed by atoms with van der Waals surface area (Å²) in [6.45, 7) is 63.3. The number of hydrogen-bond donors (Lipinski definition) is 0. The average molecular weight is 1910 g/mol. The van der Waals surface area contributed by atoms with E-state index in [1.165, 1.54) is 86.8 Å². The quantitative estimate of drug-likeness (QED) is 0.0418. The lowest BCUT2D eigenvalue weighted by atomic mass is 10.1. The van der Waals surface area contributed by atoms with Gasteiger partial charge < -0.3 is 68.1 Å². The fraction of sp³-hybridized carbons (Fsp3) is 0.986. The Morgan fingerprint density at radius 2 is 0.346 bits per heavy atom. The first-order chi connectivity index (χ1) is 49.0. The molecule has 0 aliphatic rings. The molecule has 14 unspecified atom stereocenters. The molecule has 0 rings (SSSR count). The first-order valence-corrected chi connectivity index (χ1v) is 68.0. The van der Waals surface area contributed by atoms with E-state index in [4.69, 9.17) is 151 Å². The molecular formula is C70H147O16P7S14. The lowest BCUT2D eigenvalue weighted by Crippen LogP contribution is -2.19. The summed E-state index contributed by atoms with van der Waals surface area (Å²) >= 11 is 55.2. The highest BCUT2D eigenvalue weighted by Gasteiger charge is 2.38. The molecule has 0 saturated heterocycles. The van der Waals surface area contributed by atoms with E-state index in [2.05, 4.69) is 166 Å². The van der Waals surface area contributed by atoms with E-state index in [0.29, 0.717) is 81.9 Å². The van der Waals surface area contributed by atoms with Gasteiger partial charge in [-0.25, -0.2) is 0 Å². The molecule has 37 heteroatoms. The van der Waals surface area contributed by atoms with Crippen LogP contribution in [0.1, 0.15) is 265 Å². The van der Waals surface area contributed by atoms with Crippen molar-refractivity contribution in [1.82, 2.24) is 0 Å². The lowest BCUT2D eigenvalue weighted by molar-refractivity contribution is -0.140. The Kier molecular flexibility index (Phi) is 60.5.